The van der Waals surface area contributed by atoms with Crippen molar-refractivity contribution < 1.29 is 19.4 Å². The predicted octanol–water partition coefficient (Wildman–Crippen LogP) is 1.23. The average Bonchev–Trinajstić information content (AvgIpc) is 2.21. The lowest BCUT2D eigenvalue weighted by molar-refractivity contribution is -0.139. The zero-order valence-electron chi connectivity index (χ0n) is 9.23. The molecule has 0 aromatic carbocycles. The Kier molecular flexibility index (Phi) is 7.54. The van der Waals surface area contributed by atoms with Gasteiger partial charge in [-0.15, -0.1) is 0 Å². The molecule has 0 unspecified atom stereocenters. The Balaban J connectivity index is 3.57. The van der Waals surface area contributed by atoms with Crippen LogP contribution in [0.1, 0.15) is 32.6 Å². The van der Waals surface area contributed by atoms with E-state index in [-0.39, 0.29) is 18.2 Å². The minimum Gasteiger partial charge on any atom is -0.469 e. The highest BCUT2D eigenvalue weighted by molar-refractivity contribution is 5.80. The van der Waals surface area contributed by atoms with E-state index >= 15 is 0 Å². The second-order valence-electron chi connectivity index (χ2n) is 3.38. The van der Waals surface area contributed by atoms with Gasteiger partial charge in [0.25, 0.3) is 0 Å². The van der Waals surface area contributed by atoms with Crippen molar-refractivity contribution in [3.05, 3.63) is 12.2 Å². The van der Waals surface area contributed by atoms with Gasteiger partial charge >= 0.3 is 5.97 Å². The molecule has 1 N–H and O–H groups in total. The molecule has 0 bridgehead atoms. The van der Waals surface area contributed by atoms with Crippen LogP contribution < -0.4 is 0 Å². The molecule has 0 saturated heterocycles. The van der Waals surface area contributed by atoms with Crippen molar-refractivity contribution in [2.24, 2.45) is 0 Å². The summed E-state index contributed by atoms with van der Waals surface area (Å²) in [6, 6.07) is 0. The van der Waals surface area contributed by atoms with E-state index in [1.807, 2.05) is 0 Å². The molecular formula is C11H18O4. The van der Waals surface area contributed by atoms with Gasteiger partial charge in [-0.25, -0.2) is 0 Å². The van der Waals surface area contributed by atoms with Gasteiger partial charge in [-0.2, -0.15) is 0 Å². The van der Waals surface area contributed by atoms with Crippen LogP contribution in [0.15, 0.2) is 12.2 Å². The van der Waals surface area contributed by atoms with Gasteiger partial charge in [0.2, 0.25) is 0 Å². The Morgan fingerprint density at radius 1 is 1.33 bits per heavy atom. The molecule has 4 heteroatoms. The van der Waals surface area contributed by atoms with Crippen molar-refractivity contribution in [1.29, 1.82) is 0 Å². The first-order valence-electron chi connectivity index (χ1n) is 4.97. The molecule has 0 aliphatic heterocycles. The maximum absolute atomic E-state index is 11.2. The molecule has 0 fully saturated rings. The van der Waals surface area contributed by atoms with E-state index < -0.39 is 6.10 Å². The number of ether oxygens (including phenoxy) is 1. The summed E-state index contributed by atoms with van der Waals surface area (Å²) in [7, 11) is 1.32. The number of hydrogen-bond donors (Lipinski definition) is 1. The van der Waals surface area contributed by atoms with E-state index in [9.17, 15) is 9.59 Å². The fourth-order valence-corrected chi connectivity index (χ4v) is 0.950. The van der Waals surface area contributed by atoms with Crippen molar-refractivity contribution >= 4 is 11.8 Å². The van der Waals surface area contributed by atoms with E-state index in [1.54, 1.807) is 19.1 Å². The molecule has 0 heterocycles. The number of aliphatic hydroxyl groups is 1. The van der Waals surface area contributed by atoms with Crippen molar-refractivity contribution in [1.82, 2.24) is 0 Å². The van der Waals surface area contributed by atoms with Crippen LogP contribution in [0.2, 0.25) is 0 Å². The molecule has 15 heavy (non-hydrogen) atoms. The SMILES string of the molecule is COC(=O)C/C=C/CC(=O)CC[C@@H](C)O. The summed E-state index contributed by atoms with van der Waals surface area (Å²) >= 11 is 0. The highest BCUT2D eigenvalue weighted by Crippen LogP contribution is 2.00. The maximum Gasteiger partial charge on any atom is 0.309 e. The zero-order valence-corrected chi connectivity index (χ0v) is 9.23. The van der Waals surface area contributed by atoms with E-state index in [2.05, 4.69) is 4.74 Å². The molecule has 0 aromatic rings. The second-order valence-corrected chi connectivity index (χ2v) is 3.38. The zero-order chi connectivity index (χ0) is 11.7. The first-order valence-corrected chi connectivity index (χ1v) is 4.97. The highest BCUT2D eigenvalue weighted by atomic mass is 16.5. The lowest BCUT2D eigenvalue weighted by Crippen LogP contribution is -2.04. The van der Waals surface area contributed by atoms with Crippen molar-refractivity contribution in [2.45, 2.75) is 38.7 Å². The fourth-order valence-electron chi connectivity index (χ4n) is 0.950. The molecule has 1 atom stereocenters. The Morgan fingerprint density at radius 3 is 2.47 bits per heavy atom. The number of allylic oxidation sites excluding steroid dienone is 1. The number of methoxy groups -OCH3 is 1. The van der Waals surface area contributed by atoms with E-state index in [0.29, 0.717) is 19.3 Å². The fraction of sp³-hybridized carbons (Fsp3) is 0.636. The van der Waals surface area contributed by atoms with Crippen LogP contribution in [0.4, 0.5) is 0 Å². The van der Waals surface area contributed by atoms with Gasteiger partial charge in [0.15, 0.2) is 0 Å². The van der Waals surface area contributed by atoms with Crippen LogP contribution in [0, 0.1) is 0 Å². The van der Waals surface area contributed by atoms with Gasteiger partial charge in [0.1, 0.15) is 5.78 Å². The molecule has 0 spiro atoms. The third kappa shape index (κ3) is 9.15. The number of esters is 1. The number of ketones is 1. The molecule has 0 radical (unpaired) electrons. The first kappa shape index (κ1) is 13.8. The van der Waals surface area contributed by atoms with Crippen LogP contribution in [-0.2, 0) is 14.3 Å². The van der Waals surface area contributed by atoms with Gasteiger partial charge < -0.3 is 9.84 Å². The lowest BCUT2D eigenvalue weighted by Gasteiger charge is -2.00. The number of rotatable bonds is 7. The number of aliphatic hydroxyl groups excluding tert-OH is 1. The first-order chi connectivity index (χ1) is 7.06. The third-order valence-corrected chi connectivity index (χ3v) is 1.87. The lowest BCUT2D eigenvalue weighted by atomic mass is 10.1. The third-order valence-electron chi connectivity index (χ3n) is 1.87. The standard InChI is InChI=1S/C11H18O4/c1-9(12)7-8-10(13)5-3-4-6-11(14)15-2/h3-4,9,12H,5-8H2,1-2H3/b4-3+/t9-/m1/s1. The van der Waals surface area contributed by atoms with Crippen LogP contribution >= 0.6 is 0 Å². The van der Waals surface area contributed by atoms with Crippen molar-refractivity contribution in [3.63, 3.8) is 0 Å². The minimum atomic E-state index is -0.437. The number of Topliss-reactive ketones (excluding diaryl/α,β-unsaturated/α-hetero) is 1. The van der Waals surface area contributed by atoms with Gasteiger partial charge in [0, 0.05) is 12.8 Å². The summed E-state index contributed by atoms with van der Waals surface area (Å²) in [4.78, 5) is 21.9. The van der Waals surface area contributed by atoms with Crippen molar-refractivity contribution in [3.8, 4) is 0 Å². The smallest absolute Gasteiger partial charge is 0.309 e. The molecule has 0 aromatic heterocycles. The summed E-state index contributed by atoms with van der Waals surface area (Å²) in [5, 5.41) is 8.95. The second kappa shape index (κ2) is 8.17. The highest BCUT2D eigenvalue weighted by Gasteiger charge is 2.02. The monoisotopic (exact) mass is 214 g/mol. The van der Waals surface area contributed by atoms with Crippen molar-refractivity contribution in [2.75, 3.05) is 7.11 Å². The normalized spacial score (nSPS) is 12.7. The predicted molar refractivity (Wildman–Crippen MR) is 56.3 cm³/mol. The molecule has 86 valence electrons. The summed E-state index contributed by atoms with van der Waals surface area (Å²) in [5.41, 5.74) is 0. The Hall–Kier alpha value is -1.16. The molecule has 0 saturated carbocycles. The molecule has 0 aliphatic carbocycles. The largest absolute Gasteiger partial charge is 0.469 e. The van der Waals surface area contributed by atoms with E-state index in [4.69, 9.17) is 5.11 Å². The summed E-state index contributed by atoms with van der Waals surface area (Å²) < 4.78 is 4.43. The van der Waals surface area contributed by atoms with Gasteiger partial charge in [-0.1, -0.05) is 12.2 Å². The minimum absolute atomic E-state index is 0.0667. The van der Waals surface area contributed by atoms with Crippen LogP contribution in [0.3, 0.4) is 0 Å². The molecule has 0 aliphatic rings. The summed E-state index contributed by atoms with van der Waals surface area (Å²) in [6.45, 7) is 1.65. The molecule has 0 rings (SSSR count). The van der Waals surface area contributed by atoms with E-state index in [0.717, 1.165) is 0 Å². The molecule has 4 nitrogen and oxygen atoms in total. The summed E-state index contributed by atoms with van der Waals surface area (Å²) in [6.07, 6.45) is 4.20. The Bertz CT molecular complexity index is 231. The van der Waals surface area contributed by atoms with Gasteiger partial charge in [-0.05, 0) is 13.3 Å². The average molecular weight is 214 g/mol. The van der Waals surface area contributed by atoms with Gasteiger partial charge in [-0.3, -0.25) is 9.59 Å². The molecular weight excluding hydrogens is 196 g/mol. The number of carbonyl (C=O) groups is 2. The Morgan fingerprint density at radius 2 is 1.93 bits per heavy atom. The molecule has 0 amide bonds. The number of carbonyl (C=O) groups excluding carboxylic acids is 2. The van der Waals surface area contributed by atoms with Crippen LogP contribution in [0.25, 0.3) is 0 Å². The summed E-state index contributed by atoms with van der Waals surface area (Å²) in [5.74, 6) is -0.250. The Labute approximate surface area is 89.9 Å². The van der Waals surface area contributed by atoms with Crippen LogP contribution in [0.5, 0.6) is 0 Å². The topological polar surface area (TPSA) is 63.6 Å². The quantitative estimate of drug-likeness (QED) is 0.511. The van der Waals surface area contributed by atoms with Crippen LogP contribution in [-0.4, -0.2) is 30.1 Å². The van der Waals surface area contributed by atoms with Gasteiger partial charge in [0.05, 0.1) is 19.6 Å². The van der Waals surface area contributed by atoms with E-state index in [1.165, 1.54) is 7.11 Å². The number of hydrogen-bond acceptors (Lipinski definition) is 4. The maximum atomic E-state index is 11.2.